The molecule has 1 saturated heterocycles. The van der Waals surface area contributed by atoms with Gasteiger partial charge >= 0.3 is 7.12 Å². The molecule has 0 amide bonds. The molecule has 8 heteroatoms. The van der Waals surface area contributed by atoms with Crippen LogP contribution in [-0.2, 0) is 21.8 Å². The fourth-order valence-corrected chi connectivity index (χ4v) is 4.15. The third-order valence-electron chi connectivity index (χ3n) is 6.88. The van der Waals surface area contributed by atoms with Gasteiger partial charge in [0.1, 0.15) is 11.3 Å². The Morgan fingerprint density at radius 2 is 1.71 bits per heavy atom. The van der Waals surface area contributed by atoms with Crippen LogP contribution >= 0.6 is 0 Å². The number of benzene rings is 1. The van der Waals surface area contributed by atoms with Gasteiger partial charge in [0.15, 0.2) is 0 Å². The molecule has 4 nitrogen and oxygen atoms in total. The summed E-state index contributed by atoms with van der Waals surface area (Å²) in [6.45, 7) is 7.90. The minimum atomic E-state index is -3.03. The summed E-state index contributed by atoms with van der Waals surface area (Å²) in [7, 11) is -0.772. The SMILES string of the molecule is CC1(C)OB(c2cc(F)c3ncc4c(c3c2)CNC2(CC2)C4(F)F)OC1(C)C. The number of hydrogen-bond acceptors (Lipinski definition) is 4. The van der Waals surface area contributed by atoms with Crippen molar-refractivity contribution in [2.24, 2.45) is 0 Å². The van der Waals surface area contributed by atoms with Crippen LogP contribution in [0.4, 0.5) is 13.2 Å². The maximum Gasteiger partial charge on any atom is 0.494 e. The number of aromatic nitrogens is 1. The molecule has 2 aromatic rings. The Morgan fingerprint density at radius 3 is 2.32 bits per heavy atom. The van der Waals surface area contributed by atoms with Crippen LogP contribution in [-0.4, -0.2) is 28.8 Å². The van der Waals surface area contributed by atoms with Crippen molar-refractivity contribution < 1.29 is 22.5 Å². The first-order chi connectivity index (χ1) is 13.0. The highest BCUT2D eigenvalue weighted by atomic mass is 19.3. The van der Waals surface area contributed by atoms with Gasteiger partial charge in [-0.1, -0.05) is 6.07 Å². The van der Waals surface area contributed by atoms with Gasteiger partial charge in [0.25, 0.3) is 5.92 Å². The number of halogens is 3. The molecule has 5 rings (SSSR count). The first kappa shape index (κ1) is 18.4. The van der Waals surface area contributed by atoms with Gasteiger partial charge in [-0.25, -0.2) is 4.39 Å². The number of nitrogens with zero attached hydrogens (tertiary/aromatic N) is 1. The summed E-state index contributed by atoms with van der Waals surface area (Å²) in [4.78, 5) is 4.04. The van der Waals surface area contributed by atoms with Gasteiger partial charge < -0.3 is 14.6 Å². The fourth-order valence-electron chi connectivity index (χ4n) is 4.15. The predicted molar refractivity (Wildman–Crippen MR) is 100 cm³/mol. The zero-order valence-electron chi connectivity index (χ0n) is 16.3. The zero-order chi connectivity index (χ0) is 20.1. The molecule has 3 aliphatic rings. The van der Waals surface area contributed by atoms with Gasteiger partial charge in [0.2, 0.25) is 0 Å². The average molecular weight is 390 g/mol. The lowest BCUT2D eigenvalue weighted by Crippen LogP contribution is -2.49. The summed E-state index contributed by atoms with van der Waals surface area (Å²) in [6, 6.07) is 3.00. The quantitative estimate of drug-likeness (QED) is 0.759. The molecule has 2 aliphatic heterocycles. The second-order valence-electron chi connectivity index (χ2n) is 9.15. The van der Waals surface area contributed by atoms with Crippen molar-refractivity contribution in [1.82, 2.24) is 10.3 Å². The standard InChI is InChI=1S/C20H22BF3N2O2/c1-17(2)18(3,4)28-21(27-17)11-7-12-13-9-26-19(5-6-19)20(23,24)14(13)10-25-16(12)15(22)8-11/h7-8,10,26H,5-6,9H2,1-4H3. The first-order valence-electron chi connectivity index (χ1n) is 9.57. The molecular weight excluding hydrogens is 368 g/mol. The van der Waals surface area contributed by atoms with Crippen LogP contribution in [0.15, 0.2) is 18.3 Å². The molecule has 1 aromatic carbocycles. The van der Waals surface area contributed by atoms with Gasteiger partial charge in [0.05, 0.1) is 16.7 Å². The van der Waals surface area contributed by atoms with E-state index in [4.69, 9.17) is 9.31 Å². The molecule has 3 heterocycles. The number of pyridine rings is 1. The first-order valence-corrected chi connectivity index (χ1v) is 9.57. The molecule has 0 atom stereocenters. The lowest BCUT2D eigenvalue weighted by molar-refractivity contribution is -0.0645. The van der Waals surface area contributed by atoms with Crippen LogP contribution in [0.2, 0.25) is 0 Å². The van der Waals surface area contributed by atoms with E-state index in [1.165, 1.54) is 6.07 Å². The monoisotopic (exact) mass is 390 g/mol. The van der Waals surface area contributed by atoms with E-state index in [9.17, 15) is 4.39 Å². The normalized spacial score (nSPS) is 25.9. The molecule has 1 saturated carbocycles. The molecule has 1 spiro atoms. The zero-order valence-corrected chi connectivity index (χ0v) is 16.3. The second kappa shape index (κ2) is 5.29. The molecule has 28 heavy (non-hydrogen) atoms. The highest BCUT2D eigenvalue weighted by Crippen LogP contribution is 2.56. The summed E-state index contributed by atoms with van der Waals surface area (Å²) in [5.41, 5.74) is -1.49. The second-order valence-corrected chi connectivity index (χ2v) is 9.15. The molecule has 0 unspecified atom stereocenters. The van der Waals surface area contributed by atoms with Crippen molar-refractivity contribution in [3.05, 3.63) is 35.3 Å². The minimum absolute atomic E-state index is 0.0864. The third kappa shape index (κ3) is 2.28. The van der Waals surface area contributed by atoms with Crippen molar-refractivity contribution in [2.75, 3.05) is 0 Å². The Hall–Kier alpha value is -1.64. The van der Waals surface area contributed by atoms with Crippen LogP contribution < -0.4 is 10.8 Å². The molecule has 0 radical (unpaired) electrons. The van der Waals surface area contributed by atoms with E-state index in [0.717, 1.165) is 6.20 Å². The Balaban J connectivity index is 1.65. The van der Waals surface area contributed by atoms with Crippen molar-refractivity contribution in [3.8, 4) is 0 Å². The molecule has 1 aromatic heterocycles. The van der Waals surface area contributed by atoms with E-state index in [1.807, 2.05) is 27.7 Å². The maximum atomic E-state index is 15.0. The van der Waals surface area contributed by atoms with Crippen LogP contribution in [0, 0.1) is 5.82 Å². The van der Waals surface area contributed by atoms with Crippen molar-refractivity contribution in [3.63, 3.8) is 0 Å². The van der Waals surface area contributed by atoms with E-state index < -0.39 is 35.6 Å². The van der Waals surface area contributed by atoms with Crippen LogP contribution in [0.3, 0.4) is 0 Å². The van der Waals surface area contributed by atoms with Crippen LogP contribution in [0.5, 0.6) is 0 Å². The van der Waals surface area contributed by atoms with Crippen molar-refractivity contribution in [2.45, 2.75) is 69.7 Å². The molecule has 1 aliphatic carbocycles. The lowest BCUT2D eigenvalue weighted by Gasteiger charge is -2.35. The fraction of sp³-hybridized carbons (Fsp3) is 0.550. The van der Waals surface area contributed by atoms with Crippen LogP contribution in [0.1, 0.15) is 51.7 Å². The van der Waals surface area contributed by atoms with Gasteiger partial charge in [0, 0.05) is 23.7 Å². The summed E-state index contributed by atoms with van der Waals surface area (Å²) in [5.74, 6) is -3.60. The van der Waals surface area contributed by atoms with E-state index in [1.54, 1.807) is 6.07 Å². The summed E-state index contributed by atoms with van der Waals surface area (Å²) in [5, 5.41) is 3.36. The number of hydrogen-bond donors (Lipinski definition) is 1. The van der Waals surface area contributed by atoms with E-state index in [-0.39, 0.29) is 17.6 Å². The summed E-state index contributed by atoms with van der Waals surface area (Å²) in [6.07, 6.45) is 2.00. The van der Waals surface area contributed by atoms with E-state index in [0.29, 0.717) is 29.3 Å². The number of alkyl halides is 2. The van der Waals surface area contributed by atoms with Crippen molar-refractivity contribution in [1.29, 1.82) is 0 Å². The Morgan fingerprint density at radius 1 is 1.07 bits per heavy atom. The highest BCUT2D eigenvalue weighted by Gasteiger charge is 2.65. The molecule has 2 fully saturated rings. The smallest absolute Gasteiger partial charge is 0.399 e. The largest absolute Gasteiger partial charge is 0.494 e. The average Bonchev–Trinajstić information content (AvgIpc) is 3.34. The van der Waals surface area contributed by atoms with Crippen molar-refractivity contribution >= 4 is 23.5 Å². The molecule has 0 bridgehead atoms. The van der Waals surface area contributed by atoms with Gasteiger partial charge in [-0.05, 0) is 57.6 Å². The van der Waals surface area contributed by atoms with Gasteiger partial charge in [-0.15, -0.1) is 0 Å². The Kier molecular flexibility index (Phi) is 3.47. The topological polar surface area (TPSA) is 43.4 Å². The lowest BCUT2D eigenvalue weighted by atomic mass is 9.77. The Bertz CT molecular complexity index is 989. The van der Waals surface area contributed by atoms with E-state index >= 15 is 8.78 Å². The predicted octanol–water partition coefficient (Wildman–Crippen LogP) is 3.40. The maximum absolute atomic E-state index is 15.0. The van der Waals surface area contributed by atoms with E-state index in [2.05, 4.69) is 10.3 Å². The summed E-state index contributed by atoms with van der Waals surface area (Å²) >= 11 is 0. The van der Waals surface area contributed by atoms with Gasteiger partial charge in [-0.3, -0.25) is 4.98 Å². The minimum Gasteiger partial charge on any atom is -0.399 e. The van der Waals surface area contributed by atoms with Crippen LogP contribution in [0.25, 0.3) is 10.9 Å². The third-order valence-corrected chi connectivity index (χ3v) is 6.88. The number of nitrogens with one attached hydrogen (secondary N) is 1. The highest BCUT2D eigenvalue weighted by molar-refractivity contribution is 6.62. The molecule has 1 N–H and O–H groups in total. The Labute approximate surface area is 161 Å². The number of fused-ring (bicyclic) bond motifs is 3. The van der Waals surface area contributed by atoms with Gasteiger partial charge in [-0.2, -0.15) is 8.78 Å². The molecular formula is C20H22BF3N2O2. The summed E-state index contributed by atoms with van der Waals surface area (Å²) < 4.78 is 56.9. The molecule has 148 valence electrons. The number of rotatable bonds is 1.